The van der Waals surface area contributed by atoms with Gasteiger partial charge in [-0.2, -0.15) is 0 Å². The summed E-state index contributed by atoms with van der Waals surface area (Å²) in [5.74, 6) is 0. The molecule has 156 valence electrons. The molecule has 0 spiro atoms. The maximum absolute atomic E-state index is 6.64. The lowest BCUT2D eigenvalue weighted by atomic mass is 10.00. The van der Waals surface area contributed by atoms with Crippen molar-refractivity contribution in [2.24, 2.45) is 0 Å². The zero-order chi connectivity index (χ0) is 21.3. The average molecular weight is 458 g/mol. The van der Waals surface area contributed by atoms with E-state index in [4.69, 9.17) is 35.4 Å². The Morgan fingerprint density at radius 3 is 2.43 bits per heavy atom. The lowest BCUT2D eigenvalue weighted by Crippen LogP contribution is -2.44. The Morgan fingerprint density at radius 1 is 1.03 bits per heavy atom. The minimum absolute atomic E-state index is 0.0719. The van der Waals surface area contributed by atoms with E-state index in [-0.39, 0.29) is 6.04 Å². The predicted molar refractivity (Wildman–Crippen MR) is 131 cm³/mol. The van der Waals surface area contributed by atoms with Crippen LogP contribution in [0.5, 0.6) is 0 Å². The molecule has 0 bridgehead atoms. The molecule has 1 atom stereocenters. The highest BCUT2D eigenvalue weighted by molar-refractivity contribution is 7.80. The second kappa shape index (κ2) is 9.01. The Bertz CT molecular complexity index is 1050. The van der Waals surface area contributed by atoms with Gasteiger partial charge in [-0.15, -0.1) is 0 Å². The molecule has 0 radical (unpaired) electrons. The number of nitrogens with zero attached hydrogens (tertiary/aromatic N) is 2. The molecule has 2 aromatic carbocycles. The minimum Gasteiger partial charge on any atom is -0.348 e. The first-order valence-electron chi connectivity index (χ1n) is 10.3. The number of thiocarbonyl (C=S) groups is 1. The number of aryl methyl sites for hydroxylation is 2. The van der Waals surface area contributed by atoms with Gasteiger partial charge in [0.05, 0.1) is 6.04 Å². The number of anilines is 1. The van der Waals surface area contributed by atoms with Gasteiger partial charge in [0.2, 0.25) is 0 Å². The van der Waals surface area contributed by atoms with Crippen molar-refractivity contribution in [1.82, 2.24) is 9.47 Å². The smallest absolute Gasteiger partial charge is 0.174 e. The summed E-state index contributed by atoms with van der Waals surface area (Å²) >= 11 is 18.8. The van der Waals surface area contributed by atoms with Crippen molar-refractivity contribution >= 4 is 46.2 Å². The summed E-state index contributed by atoms with van der Waals surface area (Å²) in [6.45, 7) is 6.02. The lowest BCUT2D eigenvalue weighted by Gasteiger charge is -2.39. The summed E-state index contributed by atoms with van der Waals surface area (Å²) in [6, 6.07) is 16.3. The Morgan fingerprint density at radius 2 is 1.77 bits per heavy atom. The number of rotatable bonds is 4. The normalized spacial score (nSPS) is 15.7. The van der Waals surface area contributed by atoms with E-state index in [2.05, 4.69) is 65.2 Å². The van der Waals surface area contributed by atoms with Crippen molar-refractivity contribution in [3.05, 3.63) is 87.2 Å². The molecule has 0 aliphatic carbocycles. The third-order valence-electron chi connectivity index (χ3n) is 5.79. The van der Waals surface area contributed by atoms with Crippen molar-refractivity contribution in [2.75, 3.05) is 11.9 Å². The SMILES string of the molecule is CCc1cccc(CC)c1NC(=S)N1CCn2cccc2C1c1ccc(Cl)cc1Cl. The third-order valence-corrected chi connectivity index (χ3v) is 6.69. The number of halogens is 2. The van der Waals surface area contributed by atoms with Gasteiger partial charge in [-0.05, 0) is 66.0 Å². The summed E-state index contributed by atoms with van der Waals surface area (Å²) in [5.41, 5.74) is 5.87. The monoisotopic (exact) mass is 457 g/mol. The maximum Gasteiger partial charge on any atom is 0.174 e. The molecule has 1 aliphatic heterocycles. The van der Waals surface area contributed by atoms with Gasteiger partial charge in [-0.25, -0.2) is 0 Å². The molecule has 1 aromatic heterocycles. The van der Waals surface area contributed by atoms with Crippen LogP contribution < -0.4 is 5.32 Å². The second-order valence-electron chi connectivity index (χ2n) is 7.48. The largest absolute Gasteiger partial charge is 0.348 e. The lowest BCUT2D eigenvalue weighted by molar-refractivity contribution is 0.293. The maximum atomic E-state index is 6.64. The molecule has 3 aromatic rings. The van der Waals surface area contributed by atoms with Gasteiger partial charge in [0.1, 0.15) is 0 Å². The van der Waals surface area contributed by atoms with Crippen LogP contribution in [-0.2, 0) is 19.4 Å². The fourth-order valence-corrected chi connectivity index (χ4v) is 5.05. The molecule has 0 fully saturated rings. The number of hydrogen-bond acceptors (Lipinski definition) is 1. The van der Waals surface area contributed by atoms with Crippen LogP contribution in [0, 0.1) is 0 Å². The van der Waals surface area contributed by atoms with Crippen LogP contribution >= 0.6 is 35.4 Å². The second-order valence-corrected chi connectivity index (χ2v) is 8.71. The third kappa shape index (κ3) is 3.96. The molecule has 2 heterocycles. The van der Waals surface area contributed by atoms with Crippen molar-refractivity contribution in [3.8, 4) is 0 Å². The molecular weight excluding hydrogens is 433 g/mol. The summed E-state index contributed by atoms with van der Waals surface area (Å²) in [7, 11) is 0. The van der Waals surface area contributed by atoms with Crippen molar-refractivity contribution in [1.29, 1.82) is 0 Å². The number of para-hydroxylation sites is 1. The van der Waals surface area contributed by atoms with E-state index in [0.717, 1.165) is 37.2 Å². The van der Waals surface area contributed by atoms with Gasteiger partial charge in [0.25, 0.3) is 0 Å². The summed E-state index contributed by atoms with van der Waals surface area (Å²) < 4.78 is 2.27. The highest BCUT2D eigenvalue weighted by Gasteiger charge is 2.32. The topological polar surface area (TPSA) is 20.2 Å². The molecule has 1 aliphatic rings. The van der Waals surface area contributed by atoms with E-state index in [9.17, 15) is 0 Å². The van der Waals surface area contributed by atoms with E-state index in [1.165, 1.54) is 16.8 Å². The Balaban J connectivity index is 1.73. The summed E-state index contributed by atoms with van der Waals surface area (Å²) in [4.78, 5) is 2.24. The number of fused-ring (bicyclic) bond motifs is 1. The Hall–Kier alpha value is -2.01. The van der Waals surface area contributed by atoms with Crippen LogP contribution in [0.2, 0.25) is 10.0 Å². The van der Waals surface area contributed by atoms with Crippen molar-refractivity contribution in [2.45, 2.75) is 39.3 Å². The number of hydrogen-bond donors (Lipinski definition) is 1. The molecule has 3 nitrogen and oxygen atoms in total. The van der Waals surface area contributed by atoms with Crippen LogP contribution in [0.15, 0.2) is 54.7 Å². The van der Waals surface area contributed by atoms with Crippen LogP contribution in [0.1, 0.15) is 42.3 Å². The molecule has 4 rings (SSSR count). The molecule has 1 unspecified atom stereocenters. The highest BCUT2D eigenvalue weighted by atomic mass is 35.5. The van der Waals surface area contributed by atoms with Gasteiger partial charge >= 0.3 is 0 Å². The first kappa shape index (κ1) is 21.2. The van der Waals surface area contributed by atoms with E-state index < -0.39 is 0 Å². The zero-order valence-electron chi connectivity index (χ0n) is 17.2. The predicted octanol–water partition coefficient (Wildman–Crippen LogP) is 6.72. The summed E-state index contributed by atoms with van der Waals surface area (Å²) in [6.07, 6.45) is 4.02. The highest BCUT2D eigenvalue weighted by Crippen LogP contribution is 2.38. The molecule has 6 heteroatoms. The Labute approximate surface area is 193 Å². The number of nitrogens with one attached hydrogen (secondary N) is 1. The van der Waals surface area contributed by atoms with E-state index in [1.807, 2.05) is 12.1 Å². The first-order chi connectivity index (χ1) is 14.5. The van der Waals surface area contributed by atoms with Gasteiger partial charge in [0, 0.05) is 40.7 Å². The van der Waals surface area contributed by atoms with Crippen LogP contribution in [-0.4, -0.2) is 21.1 Å². The van der Waals surface area contributed by atoms with Gasteiger partial charge in [-0.3, -0.25) is 0 Å². The van der Waals surface area contributed by atoms with Crippen LogP contribution in [0.4, 0.5) is 5.69 Å². The molecule has 1 N–H and O–H groups in total. The fraction of sp³-hybridized carbons (Fsp3) is 0.292. The Kier molecular flexibility index (Phi) is 6.37. The molecule has 0 amide bonds. The van der Waals surface area contributed by atoms with Gasteiger partial charge in [-0.1, -0.05) is 61.3 Å². The molecule has 0 saturated heterocycles. The first-order valence-corrected chi connectivity index (χ1v) is 11.5. The number of aromatic nitrogens is 1. The fourth-order valence-electron chi connectivity index (χ4n) is 4.23. The molecule has 0 saturated carbocycles. The summed E-state index contributed by atoms with van der Waals surface area (Å²) in [5, 5.41) is 5.58. The van der Waals surface area contributed by atoms with Gasteiger partial charge in [0.15, 0.2) is 5.11 Å². The van der Waals surface area contributed by atoms with E-state index in [1.54, 1.807) is 6.07 Å². The van der Waals surface area contributed by atoms with Crippen molar-refractivity contribution < 1.29 is 0 Å². The zero-order valence-corrected chi connectivity index (χ0v) is 19.5. The quantitative estimate of drug-likeness (QED) is 0.438. The standard InChI is InChI=1S/C24H25Cl2N3S/c1-3-16-7-5-8-17(4-2)22(16)27-24(30)29-14-13-28-12-6-9-21(28)23(29)19-11-10-18(25)15-20(19)26/h5-12,15,23H,3-4,13-14H2,1-2H3,(H,27,30). The van der Waals surface area contributed by atoms with E-state index >= 15 is 0 Å². The van der Waals surface area contributed by atoms with E-state index in [0.29, 0.717) is 15.2 Å². The molecular formula is C24H25Cl2N3S. The minimum atomic E-state index is -0.0719. The average Bonchev–Trinajstić information content (AvgIpc) is 3.22. The van der Waals surface area contributed by atoms with Crippen molar-refractivity contribution in [3.63, 3.8) is 0 Å². The van der Waals surface area contributed by atoms with Crippen LogP contribution in [0.25, 0.3) is 0 Å². The van der Waals surface area contributed by atoms with Crippen LogP contribution in [0.3, 0.4) is 0 Å². The number of benzene rings is 2. The van der Waals surface area contributed by atoms with Gasteiger partial charge < -0.3 is 14.8 Å². The molecule has 30 heavy (non-hydrogen) atoms.